The molecule has 0 aliphatic carbocycles. The highest BCUT2D eigenvalue weighted by atomic mass is 35.5. The average molecular weight is 388 g/mol. The molecule has 0 aliphatic rings. The predicted molar refractivity (Wildman–Crippen MR) is 104 cm³/mol. The van der Waals surface area contributed by atoms with Gasteiger partial charge in [0, 0.05) is 23.6 Å². The summed E-state index contributed by atoms with van der Waals surface area (Å²) in [5.74, 6) is 0.734. The molecule has 0 bridgehead atoms. The van der Waals surface area contributed by atoms with Gasteiger partial charge in [-0.2, -0.15) is 0 Å². The molecule has 2 aromatic heterocycles. The largest absolute Gasteiger partial charge is 0.492 e. The third-order valence-electron chi connectivity index (χ3n) is 3.70. The Morgan fingerprint density at radius 1 is 1.23 bits per heavy atom. The standard InChI is InChI=1S/C19H18ClN3O2S/c1-23(10-11-25-16-7-5-14(20)6-8-16)18(24)12-15-13-26-19(22-15)17-4-2-3-9-21-17/h2-9,13H,10-12H2,1H3. The van der Waals surface area contributed by atoms with Crippen molar-refractivity contribution in [1.82, 2.24) is 14.9 Å². The Morgan fingerprint density at radius 3 is 2.77 bits per heavy atom. The lowest BCUT2D eigenvalue weighted by Crippen LogP contribution is -2.32. The van der Waals surface area contributed by atoms with Crippen LogP contribution in [0.3, 0.4) is 0 Å². The maximum absolute atomic E-state index is 12.3. The van der Waals surface area contributed by atoms with Crippen molar-refractivity contribution in [2.24, 2.45) is 0 Å². The fraction of sp³-hybridized carbons (Fsp3) is 0.211. The summed E-state index contributed by atoms with van der Waals surface area (Å²) in [7, 11) is 1.76. The Hall–Kier alpha value is -2.44. The van der Waals surface area contributed by atoms with Crippen molar-refractivity contribution >= 4 is 28.8 Å². The minimum absolute atomic E-state index is 0.00239. The number of thiazole rings is 1. The molecule has 0 unspecified atom stereocenters. The molecule has 7 heteroatoms. The number of likely N-dealkylation sites (N-methyl/N-ethyl adjacent to an activating group) is 1. The lowest BCUT2D eigenvalue weighted by atomic mass is 10.3. The number of carbonyl (C=O) groups is 1. The van der Waals surface area contributed by atoms with Crippen LogP contribution in [0.15, 0.2) is 54.0 Å². The van der Waals surface area contributed by atoms with E-state index in [1.165, 1.54) is 11.3 Å². The van der Waals surface area contributed by atoms with Crippen molar-refractivity contribution in [2.45, 2.75) is 6.42 Å². The van der Waals surface area contributed by atoms with Crippen molar-refractivity contribution in [3.05, 3.63) is 64.8 Å². The molecule has 0 radical (unpaired) electrons. The first-order valence-electron chi connectivity index (χ1n) is 8.10. The number of aromatic nitrogens is 2. The van der Waals surface area contributed by atoms with Gasteiger partial charge in [-0.15, -0.1) is 11.3 Å². The van der Waals surface area contributed by atoms with E-state index in [9.17, 15) is 4.79 Å². The van der Waals surface area contributed by atoms with Crippen LogP contribution < -0.4 is 4.74 Å². The van der Waals surface area contributed by atoms with Crippen molar-refractivity contribution in [1.29, 1.82) is 0 Å². The van der Waals surface area contributed by atoms with Crippen LogP contribution in [0.2, 0.25) is 5.02 Å². The second kappa shape index (κ2) is 8.78. The number of rotatable bonds is 7. The van der Waals surface area contributed by atoms with E-state index < -0.39 is 0 Å². The number of halogens is 1. The Bertz CT molecular complexity index is 853. The highest BCUT2D eigenvalue weighted by Crippen LogP contribution is 2.21. The van der Waals surface area contributed by atoms with Crippen LogP contribution in [0.1, 0.15) is 5.69 Å². The molecule has 2 heterocycles. The quantitative estimate of drug-likeness (QED) is 0.616. The van der Waals surface area contributed by atoms with Gasteiger partial charge in [0.15, 0.2) is 0 Å². The molecule has 1 amide bonds. The highest BCUT2D eigenvalue weighted by Gasteiger charge is 2.13. The molecule has 3 aromatic rings. The summed E-state index contributed by atoms with van der Waals surface area (Å²) < 4.78 is 5.62. The zero-order chi connectivity index (χ0) is 18.4. The van der Waals surface area contributed by atoms with Crippen LogP contribution in [0.4, 0.5) is 0 Å². The fourth-order valence-electron chi connectivity index (χ4n) is 2.24. The van der Waals surface area contributed by atoms with Crippen LogP contribution in [0, 0.1) is 0 Å². The van der Waals surface area contributed by atoms with Crippen molar-refractivity contribution in [2.75, 3.05) is 20.2 Å². The first-order valence-corrected chi connectivity index (χ1v) is 9.36. The Balaban J connectivity index is 1.48. The molecule has 134 valence electrons. The minimum Gasteiger partial charge on any atom is -0.492 e. The molecule has 0 fully saturated rings. The molecule has 3 rings (SSSR count). The zero-order valence-corrected chi connectivity index (χ0v) is 15.8. The van der Waals surface area contributed by atoms with E-state index in [2.05, 4.69) is 9.97 Å². The summed E-state index contributed by atoms with van der Waals surface area (Å²) in [5, 5.41) is 3.39. The van der Waals surface area contributed by atoms with Crippen LogP contribution >= 0.6 is 22.9 Å². The molecular formula is C19H18ClN3O2S. The molecule has 0 N–H and O–H groups in total. The van der Waals surface area contributed by atoms with E-state index in [4.69, 9.17) is 16.3 Å². The van der Waals surface area contributed by atoms with Crippen molar-refractivity contribution in [3.8, 4) is 16.5 Å². The first-order chi connectivity index (χ1) is 12.6. The number of ether oxygens (including phenoxy) is 1. The van der Waals surface area contributed by atoms with Gasteiger partial charge >= 0.3 is 0 Å². The average Bonchev–Trinajstić information content (AvgIpc) is 3.12. The van der Waals surface area contributed by atoms with E-state index in [0.29, 0.717) is 18.2 Å². The Morgan fingerprint density at radius 2 is 2.04 bits per heavy atom. The van der Waals surface area contributed by atoms with Gasteiger partial charge in [0.05, 0.1) is 24.4 Å². The summed E-state index contributed by atoms with van der Waals surface area (Å²) in [5.41, 5.74) is 1.58. The van der Waals surface area contributed by atoms with Gasteiger partial charge in [0.1, 0.15) is 17.4 Å². The second-order valence-corrected chi connectivity index (χ2v) is 6.95. The normalized spacial score (nSPS) is 10.5. The number of pyridine rings is 1. The molecule has 0 spiro atoms. The van der Waals surface area contributed by atoms with Crippen molar-refractivity contribution in [3.63, 3.8) is 0 Å². The number of hydrogen-bond donors (Lipinski definition) is 0. The highest BCUT2D eigenvalue weighted by molar-refractivity contribution is 7.13. The van der Waals surface area contributed by atoms with Gasteiger partial charge in [-0.3, -0.25) is 9.78 Å². The van der Waals surface area contributed by atoms with Gasteiger partial charge in [0.25, 0.3) is 0 Å². The third kappa shape index (κ3) is 5.03. The van der Waals surface area contributed by atoms with E-state index in [0.717, 1.165) is 22.1 Å². The number of nitrogens with zero attached hydrogens (tertiary/aromatic N) is 3. The fourth-order valence-corrected chi connectivity index (χ4v) is 3.16. The Labute approximate surface area is 161 Å². The van der Waals surface area contributed by atoms with Crippen LogP contribution in [0.25, 0.3) is 10.7 Å². The number of benzene rings is 1. The van der Waals surface area contributed by atoms with E-state index >= 15 is 0 Å². The zero-order valence-electron chi connectivity index (χ0n) is 14.3. The smallest absolute Gasteiger partial charge is 0.228 e. The lowest BCUT2D eigenvalue weighted by molar-refractivity contribution is -0.129. The van der Waals surface area contributed by atoms with Gasteiger partial charge in [0.2, 0.25) is 5.91 Å². The van der Waals surface area contributed by atoms with Gasteiger partial charge in [-0.1, -0.05) is 17.7 Å². The molecule has 5 nitrogen and oxygen atoms in total. The third-order valence-corrected chi connectivity index (χ3v) is 4.87. The van der Waals surface area contributed by atoms with Crippen LogP contribution in [-0.2, 0) is 11.2 Å². The van der Waals surface area contributed by atoms with Gasteiger partial charge < -0.3 is 9.64 Å². The molecular weight excluding hydrogens is 370 g/mol. The molecule has 26 heavy (non-hydrogen) atoms. The van der Waals surface area contributed by atoms with E-state index in [-0.39, 0.29) is 12.3 Å². The summed E-state index contributed by atoms with van der Waals surface area (Å²) in [6.07, 6.45) is 2.00. The van der Waals surface area contributed by atoms with Crippen LogP contribution in [0.5, 0.6) is 5.75 Å². The van der Waals surface area contributed by atoms with Gasteiger partial charge in [-0.25, -0.2) is 4.98 Å². The topological polar surface area (TPSA) is 55.3 Å². The predicted octanol–water partition coefficient (Wildman–Crippen LogP) is 3.94. The Kier molecular flexibility index (Phi) is 6.20. The summed E-state index contributed by atoms with van der Waals surface area (Å²) >= 11 is 7.33. The van der Waals surface area contributed by atoms with Crippen molar-refractivity contribution < 1.29 is 9.53 Å². The van der Waals surface area contributed by atoms with E-state index in [1.807, 2.05) is 23.6 Å². The molecule has 0 atom stereocenters. The second-order valence-electron chi connectivity index (χ2n) is 5.65. The summed E-state index contributed by atoms with van der Waals surface area (Å²) in [6.45, 7) is 0.915. The minimum atomic E-state index is 0.00239. The number of carbonyl (C=O) groups excluding carboxylic acids is 1. The summed E-state index contributed by atoms with van der Waals surface area (Å²) in [6, 6.07) is 12.8. The maximum atomic E-state index is 12.3. The molecule has 1 aromatic carbocycles. The van der Waals surface area contributed by atoms with E-state index in [1.54, 1.807) is 42.4 Å². The molecule has 0 saturated heterocycles. The monoisotopic (exact) mass is 387 g/mol. The number of amides is 1. The molecule has 0 aliphatic heterocycles. The van der Waals surface area contributed by atoms with Crippen LogP contribution in [-0.4, -0.2) is 41.0 Å². The lowest BCUT2D eigenvalue weighted by Gasteiger charge is -2.17. The first kappa shape index (κ1) is 18.4. The maximum Gasteiger partial charge on any atom is 0.228 e. The summed E-state index contributed by atoms with van der Waals surface area (Å²) in [4.78, 5) is 22.8. The van der Waals surface area contributed by atoms with Gasteiger partial charge in [-0.05, 0) is 36.4 Å². The molecule has 0 saturated carbocycles. The number of hydrogen-bond acceptors (Lipinski definition) is 5. The SMILES string of the molecule is CN(CCOc1ccc(Cl)cc1)C(=O)Cc1csc(-c2ccccn2)n1.